The van der Waals surface area contributed by atoms with Crippen LogP contribution < -0.4 is 15.5 Å². The van der Waals surface area contributed by atoms with Crippen LogP contribution in [0.1, 0.15) is 30.4 Å². The Labute approximate surface area is 185 Å². The minimum atomic E-state index is -3.52. The lowest BCUT2D eigenvalue weighted by atomic mass is 10.1. The molecule has 3 rings (SSSR count). The molecule has 0 aromatic heterocycles. The van der Waals surface area contributed by atoms with Crippen LogP contribution in [0.25, 0.3) is 0 Å². The Bertz CT molecular complexity index is 1010. The molecule has 2 N–H and O–H groups in total. The topological polar surface area (TPSA) is 64.7 Å². The maximum Gasteiger partial charge on any atom is 0.243 e. The third kappa shape index (κ3) is 5.30. The number of sulfonamides is 1. The zero-order valence-corrected chi connectivity index (χ0v) is 19.7. The van der Waals surface area contributed by atoms with Gasteiger partial charge in [-0.15, -0.1) is 0 Å². The Kier molecular flexibility index (Phi) is 7.00. The average molecular weight is 447 g/mol. The zero-order valence-electron chi connectivity index (χ0n) is 18.0. The van der Waals surface area contributed by atoms with E-state index in [-0.39, 0.29) is 4.90 Å². The molecule has 0 spiro atoms. The molecule has 6 nitrogen and oxygen atoms in total. The monoisotopic (exact) mass is 446 g/mol. The maximum absolute atomic E-state index is 13.1. The highest BCUT2D eigenvalue weighted by molar-refractivity contribution is 7.89. The number of benzene rings is 2. The van der Waals surface area contributed by atoms with Gasteiger partial charge in [0.1, 0.15) is 0 Å². The molecule has 0 radical (unpaired) electrons. The van der Waals surface area contributed by atoms with E-state index in [4.69, 9.17) is 12.2 Å². The first-order chi connectivity index (χ1) is 14.2. The second-order valence-corrected chi connectivity index (χ2v) is 10.3. The standard InChI is InChI=1S/C22H30N4O2S2/c1-16-12-17(2)14-18(13-16)23-22(29)24-20-15-19(8-9-21(20)25(3)4)30(27,28)26-10-6-5-7-11-26/h8-9,12-15H,5-7,10-11H2,1-4H3,(H2,23,24,29). The largest absolute Gasteiger partial charge is 0.376 e. The van der Waals surface area contributed by atoms with Crippen molar-refractivity contribution in [3.8, 4) is 0 Å². The van der Waals surface area contributed by atoms with Crippen LogP contribution in [0.4, 0.5) is 17.1 Å². The van der Waals surface area contributed by atoms with Crippen LogP contribution in [-0.2, 0) is 10.0 Å². The van der Waals surface area contributed by atoms with Crippen molar-refractivity contribution in [1.29, 1.82) is 0 Å². The molecule has 1 aliphatic rings. The highest BCUT2D eigenvalue weighted by atomic mass is 32.2. The summed E-state index contributed by atoms with van der Waals surface area (Å²) in [5.41, 5.74) is 4.69. The lowest BCUT2D eigenvalue weighted by Gasteiger charge is -2.27. The number of nitrogens with zero attached hydrogens (tertiary/aromatic N) is 2. The van der Waals surface area contributed by atoms with Crippen LogP contribution in [0.3, 0.4) is 0 Å². The molecule has 8 heteroatoms. The van der Waals surface area contributed by atoms with Crippen LogP contribution >= 0.6 is 12.2 Å². The summed E-state index contributed by atoms with van der Waals surface area (Å²) in [6.07, 6.45) is 2.89. The number of rotatable bonds is 5. The van der Waals surface area contributed by atoms with E-state index in [1.165, 1.54) is 0 Å². The van der Waals surface area contributed by atoms with Gasteiger partial charge in [-0.1, -0.05) is 12.5 Å². The molecule has 1 fully saturated rings. The van der Waals surface area contributed by atoms with E-state index in [9.17, 15) is 8.42 Å². The van der Waals surface area contributed by atoms with E-state index in [0.717, 1.165) is 41.8 Å². The quantitative estimate of drug-likeness (QED) is 0.666. The van der Waals surface area contributed by atoms with E-state index in [0.29, 0.717) is 23.9 Å². The number of anilines is 3. The normalized spacial score (nSPS) is 14.9. The van der Waals surface area contributed by atoms with Crippen molar-refractivity contribution in [3.63, 3.8) is 0 Å². The van der Waals surface area contributed by atoms with Crippen molar-refractivity contribution in [1.82, 2.24) is 4.31 Å². The molecule has 30 heavy (non-hydrogen) atoms. The van der Waals surface area contributed by atoms with Gasteiger partial charge in [-0.2, -0.15) is 4.31 Å². The van der Waals surface area contributed by atoms with Crippen molar-refractivity contribution in [2.45, 2.75) is 38.0 Å². The Hall–Kier alpha value is -2.16. The van der Waals surface area contributed by atoms with Gasteiger partial charge in [0.25, 0.3) is 0 Å². The Balaban J connectivity index is 1.86. The first-order valence-electron chi connectivity index (χ1n) is 10.1. The molecule has 1 heterocycles. The Morgan fingerprint density at radius 1 is 0.967 bits per heavy atom. The fourth-order valence-electron chi connectivity index (χ4n) is 3.75. The van der Waals surface area contributed by atoms with Gasteiger partial charge in [0.2, 0.25) is 10.0 Å². The van der Waals surface area contributed by atoms with Crippen molar-refractivity contribution < 1.29 is 8.42 Å². The summed E-state index contributed by atoms with van der Waals surface area (Å²) < 4.78 is 27.8. The van der Waals surface area contributed by atoms with Gasteiger partial charge in [-0.05, 0) is 80.4 Å². The average Bonchev–Trinajstić information content (AvgIpc) is 2.67. The van der Waals surface area contributed by atoms with Crippen LogP contribution in [0.15, 0.2) is 41.3 Å². The molecule has 2 aromatic carbocycles. The smallest absolute Gasteiger partial charge is 0.243 e. The number of hydrogen-bond acceptors (Lipinski definition) is 4. The van der Waals surface area contributed by atoms with Crippen LogP contribution in [0.2, 0.25) is 0 Å². The number of aryl methyl sites for hydroxylation is 2. The van der Waals surface area contributed by atoms with Crippen molar-refractivity contribution in [2.24, 2.45) is 0 Å². The van der Waals surface area contributed by atoms with E-state index in [1.54, 1.807) is 16.4 Å². The van der Waals surface area contributed by atoms with Crippen LogP contribution in [-0.4, -0.2) is 45.0 Å². The lowest BCUT2D eigenvalue weighted by molar-refractivity contribution is 0.346. The second-order valence-electron chi connectivity index (χ2n) is 7.99. The molecule has 0 saturated carbocycles. The third-order valence-corrected chi connectivity index (χ3v) is 7.23. The van der Waals surface area contributed by atoms with Gasteiger partial charge in [-0.3, -0.25) is 0 Å². The zero-order chi connectivity index (χ0) is 21.9. The summed E-state index contributed by atoms with van der Waals surface area (Å²) >= 11 is 5.51. The van der Waals surface area contributed by atoms with Gasteiger partial charge in [0, 0.05) is 32.9 Å². The van der Waals surface area contributed by atoms with E-state index in [1.807, 2.05) is 51.0 Å². The summed E-state index contributed by atoms with van der Waals surface area (Å²) in [6, 6.07) is 11.3. The highest BCUT2D eigenvalue weighted by Crippen LogP contribution is 2.30. The number of hydrogen-bond donors (Lipinski definition) is 2. The van der Waals surface area contributed by atoms with E-state index in [2.05, 4.69) is 16.7 Å². The first-order valence-corrected chi connectivity index (χ1v) is 12.0. The van der Waals surface area contributed by atoms with Gasteiger partial charge < -0.3 is 15.5 Å². The fourth-order valence-corrected chi connectivity index (χ4v) is 5.52. The van der Waals surface area contributed by atoms with E-state index >= 15 is 0 Å². The van der Waals surface area contributed by atoms with Crippen LogP contribution in [0, 0.1) is 13.8 Å². The summed E-state index contributed by atoms with van der Waals surface area (Å²) in [5.74, 6) is 0. The molecule has 0 unspecified atom stereocenters. The van der Waals surface area contributed by atoms with E-state index < -0.39 is 10.0 Å². The lowest BCUT2D eigenvalue weighted by Crippen LogP contribution is -2.35. The first kappa shape index (κ1) is 22.5. The minimum Gasteiger partial charge on any atom is -0.376 e. The SMILES string of the molecule is Cc1cc(C)cc(NC(=S)Nc2cc(S(=O)(=O)N3CCCCC3)ccc2N(C)C)c1. The Morgan fingerprint density at radius 3 is 2.20 bits per heavy atom. The molecular formula is C22H30N4O2S2. The minimum absolute atomic E-state index is 0.284. The Morgan fingerprint density at radius 2 is 1.60 bits per heavy atom. The molecule has 2 aromatic rings. The van der Waals surface area contributed by atoms with Crippen LogP contribution in [0.5, 0.6) is 0 Å². The summed E-state index contributed by atoms with van der Waals surface area (Å²) in [5, 5.41) is 6.80. The third-order valence-electron chi connectivity index (χ3n) is 5.13. The van der Waals surface area contributed by atoms with Crippen molar-refractivity contribution in [2.75, 3.05) is 42.7 Å². The molecule has 0 amide bonds. The van der Waals surface area contributed by atoms with Gasteiger partial charge in [-0.25, -0.2) is 8.42 Å². The summed E-state index contributed by atoms with van der Waals surface area (Å²) in [6.45, 7) is 5.22. The molecule has 0 aliphatic carbocycles. The number of piperidine rings is 1. The predicted molar refractivity (Wildman–Crippen MR) is 129 cm³/mol. The van der Waals surface area contributed by atoms with Gasteiger partial charge in [0.05, 0.1) is 16.3 Å². The predicted octanol–water partition coefficient (Wildman–Crippen LogP) is 4.35. The summed E-state index contributed by atoms with van der Waals surface area (Å²) in [4.78, 5) is 2.21. The van der Waals surface area contributed by atoms with Crippen molar-refractivity contribution in [3.05, 3.63) is 47.5 Å². The summed E-state index contributed by atoms with van der Waals surface area (Å²) in [7, 11) is 0.311. The van der Waals surface area contributed by atoms with Gasteiger partial charge >= 0.3 is 0 Å². The van der Waals surface area contributed by atoms with Crippen molar-refractivity contribution >= 4 is 44.4 Å². The maximum atomic E-state index is 13.1. The number of thiocarbonyl (C=S) groups is 1. The molecular weight excluding hydrogens is 416 g/mol. The molecule has 1 saturated heterocycles. The molecule has 0 bridgehead atoms. The highest BCUT2D eigenvalue weighted by Gasteiger charge is 2.26. The second kappa shape index (κ2) is 9.32. The van der Waals surface area contributed by atoms with Gasteiger partial charge in [0.15, 0.2) is 5.11 Å². The fraction of sp³-hybridized carbons (Fsp3) is 0.409. The molecule has 0 atom stereocenters. The molecule has 162 valence electrons. The molecule has 1 aliphatic heterocycles. The number of nitrogens with one attached hydrogen (secondary N) is 2.